The molecule has 1 atom stereocenters. The summed E-state index contributed by atoms with van der Waals surface area (Å²) in [4.78, 5) is 45.6. The second-order valence-electron chi connectivity index (χ2n) is 10.7. The van der Waals surface area contributed by atoms with Crippen molar-refractivity contribution in [3.63, 3.8) is 0 Å². The number of hydrogen-bond acceptors (Lipinski definition) is 8. The van der Waals surface area contributed by atoms with Crippen LogP contribution in [0.1, 0.15) is 77.2 Å². The Bertz CT molecular complexity index is 1170. The number of nitrogens with one attached hydrogen (secondary N) is 1. The first-order valence-corrected chi connectivity index (χ1v) is 12.6. The molecule has 2 N–H and O–H groups in total. The Hall–Kier alpha value is -3.53. The molecule has 4 rings (SSSR count). The molecule has 1 saturated carbocycles. The first-order valence-electron chi connectivity index (χ1n) is 12.6. The summed E-state index contributed by atoms with van der Waals surface area (Å²) < 4.78 is 5.96. The van der Waals surface area contributed by atoms with Crippen LogP contribution < -0.4 is 5.48 Å². The average molecular weight is 512 g/mol. The van der Waals surface area contributed by atoms with Gasteiger partial charge in [0.05, 0.1) is 10.5 Å². The largest absolute Gasteiger partial charge is 0.479 e. The zero-order valence-electron chi connectivity index (χ0n) is 21.4. The lowest BCUT2D eigenvalue weighted by Gasteiger charge is -2.39. The van der Waals surface area contributed by atoms with E-state index in [0.29, 0.717) is 35.4 Å². The van der Waals surface area contributed by atoms with Crippen molar-refractivity contribution in [3.05, 3.63) is 62.5 Å². The SMILES string of the molecule is CC1=C(C(=O)OC2CCCCC2)C(c2ccc([N+](=O)[O-])cc2)C2=C(NOCC(=O)O)CC(C)(C)CC2=N1. The quantitative estimate of drug-likeness (QED) is 0.283. The van der Waals surface area contributed by atoms with Gasteiger partial charge in [0, 0.05) is 40.7 Å². The third kappa shape index (κ3) is 6.07. The van der Waals surface area contributed by atoms with Crippen molar-refractivity contribution in [2.45, 2.75) is 77.7 Å². The predicted molar refractivity (Wildman–Crippen MR) is 136 cm³/mol. The Morgan fingerprint density at radius 1 is 1.16 bits per heavy atom. The van der Waals surface area contributed by atoms with Gasteiger partial charge in [0.2, 0.25) is 0 Å². The fourth-order valence-corrected chi connectivity index (χ4v) is 5.48. The summed E-state index contributed by atoms with van der Waals surface area (Å²) in [5.41, 5.74) is 6.32. The molecule has 0 bridgehead atoms. The number of allylic oxidation sites excluding steroid dienone is 3. The van der Waals surface area contributed by atoms with Crippen LogP contribution in [0.25, 0.3) is 0 Å². The maximum absolute atomic E-state index is 13.6. The molecule has 10 heteroatoms. The summed E-state index contributed by atoms with van der Waals surface area (Å²) in [6.07, 6.45) is 5.82. The number of carboxylic acid groups (broad SMARTS) is 1. The minimum absolute atomic E-state index is 0.0534. The van der Waals surface area contributed by atoms with E-state index in [1.54, 1.807) is 19.1 Å². The van der Waals surface area contributed by atoms with Gasteiger partial charge < -0.3 is 9.84 Å². The highest BCUT2D eigenvalue weighted by atomic mass is 16.7. The molecule has 0 amide bonds. The number of esters is 1. The number of nitro benzene ring substituents is 1. The maximum Gasteiger partial charge on any atom is 0.337 e. The molecule has 3 aliphatic rings. The molecular formula is C27H33N3O7. The summed E-state index contributed by atoms with van der Waals surface area (Å²) >= 11 is 0. The molecular weight excluding hydrogens is 478 g/mol. The molecule has 37 heavy (non-hydrogen) atoms. The van der Waals surface area contributed by atoms with Crippen LogP contribution >= 0.6 is 0 Å². The Labute approximate surface area is 215 Å². The van der Waals surface area contributed by atoms with E-state index >= 15 is 0 Å². The number of aliphatic imine (C=N–C) groups is 1. The molecule has 1 fully saturated rings. The van der Waals surface area contributed by atoms with Gasteiger partial charge in [0.25, 0.3) is 5.69 Å². The second-order valence-corrected chi connectivity index (χ2v) is 10.7. The van der Waals surface area contributed by atoms with Gasteiger partial charge in [-0.25, -0.2) is 9.59 Å². The van der Waals surface area contributed by atoms with Crippen LogP contribution in [0.2, 0.25) is 0 Å². The van der Waals surface area contributed by atoms with Crippen LogP contribution in [0.15, 0.2) is 51.8 Å². The van der Waals surface area contributed by atoms with Crippen LogP contribution in [0.3, 0.4) is 0 Å². The smallest absolute Gasteiger partial charge is 0.337 e. The van der Waals surface area contributed by atoms with Crippen molar-refractivity contribution in [1.82, 2.24) is 5.48 Å². The molecule has 198 valence electrons. The minimum Gasteiger partial charge on any atom is -0.479 e. The van der Waals surface area contributed by atoms with E-state index in [0.717, 1.165) is 43.4 Å². The molecule has 10 nitrogen and oxygen atoms in total. The lowest BCUT2D eigenvalue weighted by molar-refractivity contribution is -0.384. The maximum atomic E-state index is 13.6. The number of nitro groups is 1. The third-order valence-electron chi connectivity index (χ3n) is 7.08. The van der Waals surface area contributed by atoms with Crippen molar-refractivity contribution in [2.75, 3.05) is 6.61 Å². The number of hydroxylamine groups is 1. The van der Waals surface area contributed by atoms with Crippen molar-refractivity contribution < 1.29 is 29.2 Å². The molecule has 1 heterocycles. The number of carbonyl (C=O) groups is 2. The average Bonchev–Trinajstić information content (AvgIpc) is 2.82. The van der Waals surface area contributed by atoms with Crippen molar-refractivity contribution in [2.24, 2.45) is 10.4 Å². The number of fused-ring (bicyclic) bond motifs is 1. The number of carbonyl (C=O) groups excluding carboxylic acids is 1. The number of hydrogen-bond donors (Lipinski definition) is 2. The molecule has 1 aromatic rings. The van der Waals surface area contributed by atoms with E-state index in [9.17, 15) is 19.7 Å². The number of benzene rings is 1. The summed E-state index contributed by atoms with van der Waals surface area (Å²) in [6, 6.07) is 6.13. The molecule has 0 radical (unpaired) electrons. The van der Waals surface area contributed by atoms with Crippen LogP contribution in [0.4, 0.5) is 5.69 Å². The molecule has 1 aromatic carbocycles. The highest BCUT2D eigenvalue weighted by Crippen LogP contribution is 2.48. The molecule has 0 spiro atoms. The van der Waals surface area contributed by atoms with Crippen LogP contribution in [0.5, 0.6) is 0 Å². The summed E-state index contributed by atoms with van der Waals surface area (Å²) in [7, 11) is 0. The van der Waals surface area contributed by atoms with E-state index in [2.05, 4.69) is 19.3 Å². The number of aliphatic carboxylic acids is 1. The van der Waals surface area contributed by atoms with E-state index in [-0.39, 0.29) is 17.2 Å². The van der Waals surface area contributed by atoms with Gasteiger partial charge in [0.1, 0.15) is 6.10 Å². The Balaban J connectivity index is 1.82. The standard InChI is InChI=1S/C27H33N3O7/c1-16-23(26(33)37-19-7-5-4-6-8-19)24(17-9-11-18(12-10-17)30(34)35)25-20(28-16)13-27(2,3)14-21(25)29-36-15-22(31)32/h9-12,19,24,29H,4-8,13-15H2,1-3H3,(H,31,32). The zero-order chi connectivity index (χ0) is 26.7. The van der Waals surface area contributed by atoms with Crippen LogP contribution in [-0.2, 0) is 19.2 Å². The predicted octanol–water partition coefficient (Wildman–Crippen LogP) is 4.96. The first kappa shape index (κ1) is 26.5. The molecule has 2 aliphatic carbocycles. The van der Waals surface area contributed by atoms with E-state index in [4.69, 9.17) is 19.7 Å². The number of ether oxygens (including phenoxy) is 1. The highest BCUT2D eigenvalue weighted by molar-refractivity contribution is 6.09. The van der Waals surface area contributed by atoms with Crippen molar-refractivity contribution in [3.8, 4) is 0 Å². The van der Waals surface area contributed by atoms with Gasteiger partial charge >= 0.3 is 11.9 Å². The van der Waals surface area contributed by atoms with Gasteiger partial charge in [-0.3, -0.25) is 25.4 Å². The van der Waals surface area contributed by atoms with Crippen LogP contribution in [0, 0.1) is 15.5 Å². The number of carboxylic acids is 1. The van der Waals surface area contributed by atoms with Gasteiger partial charge in [0.15, 0.2) is 6.61 Å². The molecule has 1 aliphatic heterocycles. The Morgan fingerprint density at radius 2 is 1.84 bits per heavy atom. The van der Waals surface area contributed by atoms with Gasteiger partial charge in [-0.1, -0.05) is 32.4 Å². The third-order valence-corrected chi connectivity index (χ3v) is 7.08. The fraction of sp³-hybridized carbons (Fsp3) is 0.519. The minimum atomic E-state index is -1.12. The Kier molecular flexibility index (Phi) is 7.77. The van der Waals surface area contributed by atoms with Gasteiger partial charge in [-0.15, -0.1) is 0 Å². The Morgan fingerprint density at radius 3 is 2.46 bits per heavy atom. The van der Waals surface area contributed by atoms with Crippen molar-refractivity contribution >= 4 is 23.3 Å². The van der Waals surface area contributed by atoms with Crippen molar-refractivity contribution in [1.29, 1.82) is 0 Å². The number of rotatable bonds is 8. The number of nitrogens with zero attached hydrogens (tertiary/aromatic N) is 2. The normalized spacial score (nSPS) is 21.7. The first-order chi connectivity index (χ1) is 17.6. The molecule has 0 saturated heterocycles. The van der Waals surface area contributed by atoms with Gasteiger partial charge in [-0.2, -0.15) is 0 Å². The van der Waals surface area contributed by atoms with E-state index in [1.165, 1.54) is 12.1 Å². The highest BCUT2D eigenvalue weighted by Gasteiger charge is 2.42. The van der Waals surface area contributed by atoms with E-state index < -0.39 is 29.4 Å². The monoisotopic (exact) mass is 511 g/mol. The summed E-state index contributed by atoms with van der Waals surface area (Å²) in [6.45, 7) is 5.41. The number of non-ortho nitro benzene ring substituents is 1. The lowest BCUT2D eigenvalue weighted by Crippen LogP contribution is -2.37. The zero-order valence-corrected chi connectivity index (χ0v) is 21.4. The summed E-state index contributed by atoms with van der Waals surface area (Å²) in [5, 5.41) is 20.3. The topological polar surface area (TPSA) is 140 Å². The lowest BCUT2D eigenvalue weighted by atomic mass is 9.68. The molecule has 1 unspecified atom stereocenters. The van der Waals surface area contributed by atoms with Crippen LogP contribution in [-0.4, -0.2) is 40.4 Å². The summed E-state index contributed by atoms with van der Waals surface area (Å²) in [5.74, 6) is -2.17. The second kappa shape index (κ2) is 10.8. The fourth-order valence-electron chi connectivity index (χ4n) is 5.48. The molecule has 0 aromatic heterocycles. The van der Waals surface area contributed by atoms with Gasteiger partial charge in [-0.05, 0) is 56.4 Å². The van der Waals surface area contributed by atoms with E-state index in [1.807, 2.05) is 0 Å².